The van der Waals surface area contributed by atoms with Gasteiger partial charge in [0.1, 0.15) is 0 Å². The largest absolute Gasteiger partial charge is 0.316 e. The normalized spacial score (nSPS) is 21.6. The Morgan fingerprint density at radius 2 is 1.75 bits per heavy atom. The maximum atomic E-state index is 3.67. The van der Waals surface area contributed by atoms with Crippen molar-refractivity contribution in [2.45, 2.75) is 67.2 Å². The van der Waals surface area contributed by atoms with Crippen molar-refractivity contribution >= 4 is 0 Å². The van der Waals surface area contributed by atoms with Crippen molar-refractivity contribution in [3.05, 3.63) is 0 Å². The lowest BCUT2D eigenvalue weighted by Crippen LogP contribution is -2.43. The first-order valence-corrected chi connectivity index (χ1v) is 8.80. The topological polar surface area (TPSA) is 15.3 Å². The van der Waals surface area contributed by atoms with Crippen LogP contribution in [0.3, 0.4) is 0 Å². The molecule has 1 rings (SSSR count). The molecule has 2 heteroatoms. The zero-order chi connectivity index (χ0) is 15.2. The number of likely N-dealkylation sites (tertiary alicyclic amines) is 1. The van der Waals surface area contributed by atoms with Gasteiger partial charge in [-0.3, -0.25) is 0 Å². The Morgan fingerprint density at radius 1 is 1.10 bits per heavy atom. The van der Waals surface area contributed by atoms with Gasteiger partial charge in [-0.2, -0.15) is 0 Å². The molecule has 0 aromatic heterocycles. The molecule has 0 aliphatic carbocycles. The van der Waals surface area contributed by atoms with E-state index < -0.39 is 0 Å². The van der Waals surface area contributed by atoms with Gasteiger partial charge >= 0.3 is 0 Å². The summed E-state index contributed by atoms with van der Waals surface area (Å²) in [5.74, 6) is 0.873. The van der Waals surface area contributed by atoms with E-state index in [1.165, 1.54) is 51.9 Å². The van der Waals surface area contributed by atoms with Crippen molar-refractivity contribution in [2.24, 2.45) is 16.7 Å². The molecular weight excluding hydrogens is 244 g/mol. The Kier molecular flexibility index (Phi) is 7.00. The number of rotatable bonds is 8. The second kappa shape index (κ2) is 7.79. The molecule has 120 valence electrons. The van der Waals surface area contributed by atoms with Gasteiger partial charge in [0.15, 0.2) is 0 Å². The standard InChI is InChI=1S/C18H38N2/c1-7-11-19-14-18(8-2,9-3)15-20-12-10-16(13-20)17(4,5)6/h16,19H,7-15H2,1-6H3. The molecule has 0 saturated carbocycles. The van der Waals surface area contributed by atoms with Gasteiger partial charge in [-0.1, -0.05) is 41.5 Å². The first kappa shape index (κ1) is 18.0. The van der Waals surface area contributed by atoms with Gasteiger partial charge in [-0.15, -0.1) is 0 Å². The van der Waals surface area contributed by atoms with Crippen LogP contribution in [0.15, 0.2) is 0 Å². The lowest BCUT2D eigenvalue weighted by atomic mass is 9.80. The molecule has 1 aliphatic heterocycles. The van der Waals surface area contributed by atoms with Crippen LogP contribution >= 0.6 is 0 Å². The van der Waals surface area contributed by atoms with E-state index >= 15 is 0 Å². The van der Waals surface area contributed by atoms with Crippen molar-refractivity contribution in [1.82, 2.24) is 10.2 Å². The lowest BCUT2D eigenvalue weighted by molar-refractivity contribution is 0.141. The van der Waals surface area contributed by atoms with Gasteiger partial charge in [0.2, 0.25) is 0 Å². The summed E-state index contributed by atoms with van der Waals surface area (Å²) in [6.07, 6.45) is 5.20. The third-order valence-corrected chi connectivity index (χ3v) is 5.48. The predicted molar refractivity (Wildman–Crippen MR) is 90.2 cm³/mol. The maximum absolute atomic E-state index is 3.67. The zero-order valence-corrected chi connectivity index (χ0v) is 14.9. The third-order valence-electron chi connectivity index (χ3n) is 5.48. The fourth-order valence-electron chi connectivity index (χ4n) is 3.47. The Bertz CT molecular complexity index is 263. The van der Waals surface area contributed by atoms with Gasteiger partial charge < -0.3 is 10.2 Å². The van der Waals surface area contributed by atoms with Gasteiger partial charge in [0.25, 0.3) is 0 Å². The predicted octanol–water partition coefficient (Wildman–Crippen LogP) is 4.16. The van der Waals surface area contributed by atoms with Crippen LogP contribution in [0.1, 0.15) is 67.2 Å². The Labute approximate surface area is 127 Å². The molecule has 1 heterocycles. The highest BCUT2D eigenvalue weighted by Gasteiger charge is 2.35. The summed E-state index contributed by atoms with van der Waals surface area (Å²) in [7, 11) is 0. The minimum absolute atomic E-state index is 0.469. The number of hydrogen-bond donors (Lipinski definition) is 1. The van der Waals surface area contributed by atoms with E-state index in [9.17, 15) is 0 Å². The Morgan fingerprint density at radius 3 is 2.20 bits per heavy atom. The molecule has 1 N–H and O–H groups in total. The average Bonchev–Trinajstić information content (AvgIpc) is 2.86. The van der Waals surface area contributed by atoms with Crippen molar-refractivity contribution in [2.75, 3.05) is 32.7 Å². The van der Waals surface area contributed by atoms with Crippen LogP contribution in [-0.4, -0.2) is 37.6 Å². The monoisotopic (exact) mass is 282 g/mol. The Balaban J connectivity index is 2.54. The summed E-state index contributed by atoms with van der Waals surface area (Å²) < 4.78 is 0. The van der Waals surface area contributed by atoms with E-state index in [2.05, 4.69) is 51.8 Å². The molecule has 0 aromatic rings. The van der Waals surface area contributed by atoms with Crippen LogP contribution in [0.5, 0.6) is 0 Å². The smallest absolute Gasteiger partial charge is 0.00501 e. The molecule has 1 saturated heterocycles. The molecule has 20 heavy (non-hydrogen) atoms. The average molecular weight is 283 g/mol. The fourth-order valence-corrected chi connectivity index (χ4v) is 3.47. The second-order valence-electron chi connectivity index (χ2n) is 7.97. The van der Waals surface area contributed by atoms with Crippen LogP contribution in [0.4, 0.5) is 0 Å². The van der Waals surface area contributed by atoms with Crippen LogP contribution in [0, 0.1) is 16.7 Å². The quantitative estimate of drug-likeness (QED) is 0.673. The van der Waals surface area contributed by atoms with E-state index in [4.69, 9.17) is 0 Å². The van der Waals surface area contributed by atoms with E-state index in [0.29, 0.717) is 10.8 Å². The summed E-state index contributed by atoms with van der Waals surface area (Å²) in [6, 6.07) is 0. The van der Waals surface area contributed by atoms with Crippen LogP contribution in [-0.2, 0) is 0 Å². The maximum Gasteiger partial charge on any atom is 0.00501 e. The van der Waals surface area contributed by atoms with Crippen LogP contribution in [0.2, 0.25) is 0 Å². The van der Waals surface area contributed by atoms with Crippen LogP contribution < -0.4 is 5.32 Å². The molecule has 1 unspecified atom stereocenters. The van der Waals surface area contributed by atoms with Crippen molar-refractivity contribution in [1.29, 1.82) is 0 Å². The molecule has 1 fully saturated rings. The summed E-state index contributed by atoms with van der Waals surface area (Å²) in [5.41, 5.74) is 0.943. The minimum Gasteiger partial charge on any atom is -0.316 e. The molecule has 2 nitrogen and oxygen atoms in total. The molecule has 1 atom stereocenters. The zero-order valence-electron chi connectivity index (χ0n) is 14.9. The van der Waals surface area contributed by atoms with Crippen molar-refractivity contribution < 1.29 is 0 Å². The van der Waals surface area contributed by atoms with E-state index in [1.54, 1.807) is 0 Å². The van der Waals surface area contributed by atoms with E-state index in [1.807, 2.05) is 0 Å². The highest BCUT2D eigenvalue weighted by molar-refractivity contribution is 4.89. The van der Waals surface area contributed by atoms with Gasteiger partial charge in [-0.05, 0) is 55.5 Å². The summed E-state index contributed by atoms with van der Waals surface area (Å²) in [5, 5.41) is 3.67. The molecule has 0 aromatic carbocycles. The minimum atomic E-state index is 0.469. The highest BCUT2D eigenvalue weighted by atomic mass is 15.2. The SMILES string of the molecule is CCCNCC(CC)(CC)CN1CCC(C(C)(C)C)C1. The molecular formula is C18H38N2. The molecule has 0 spiro atoms. The van der Waals surface area contributed by atoms with Gasteiger partial charge in [0, 0.05) is 19.6 Å². The first-order chi connectivity index (χ1) is 9.37. The molecule has 0 radical (unpaired) electrons. The summed E-state index contributed by atoms with van der Waals surface area (Å²) in [6.45, 7) is 20.4. The fraction of sp³-hybridized carbons (Fsp3) is 1.00. The van der Waals surface area contributed by atoms with Gasteiger partial charge in [0.05, 0.1) is 0 Å². The second-order valence-corrected chi connectivity index (χ2v) is 7.97. The lowest BCUT2D eigenvalue weighted by Gasteiger charge is -2.37. The van der Waals surface area contributed by atoms with Crippen LogP contribution in [0.25, 0.3) is 0 Å². The number of nitrogens with one attached hydrogen (secondary N) is 1. The summed E-state index contributed by atoms with van der Waals surface area (Å²) in [4.78, 5) is 2.73. The van der Waals surface area contributed by atoms with Crippen molar-refractivity contribution in [3.8, 4) is 0 Å². The van der Waals surface area contributed by atoms with Crippen molar-refractivity contribution in [3.63, 3.8) is 0 Å². The molecule has 0 bridgehead atoms. The van der Waals surface area contributed by atoms with E-state index in [-0.39, 0.29) is 0 Å². The third kappa shape index (κ3) is 5.04. The molecule has 1 aliphatic rings. The highest BCUT2D eigenvalue weighted by Crippen LogP contribution is 2.36. The van der Waals surface area contributed by atoms with E-state index in [0.717, 1.165) is 12.5 Å². The number of nitrogens with zero attached hydrogens (tertiary/aromatic N) is 1. The number of hydrogen-bond acceptors (Lipinski definition) is 2. The molecule has 0 amide bonds. The summed E-state index contributed by atoms with van der Waals surface area (Å²) >= 11 is 0. The Hall–Kier alpha value is -0.0800. The first-order valence-electron chi connectivity index (χ1n) is 8.80. The van der Waals surface area contributed by atoms with Gasteiger partial charge in [-0.25, -0.2) is 0 Å².